The van der Waals surface area contributed by atoms with Gasteiger partial charge in [-0.2, -0.15) is 0 Å². The van der Waals surface area contributed by atoms with E-state index in [9.17, 15) is 0 Å². The molecule has 0 spiro atoms. The van der Waals surface area contributed by atoms with Crippen LogP contribution in [-0.2, 0) is 0 Å². The van der Waals surface area contributed by atoms with E-state index in [0.717, 1.165) is 21.5 Å². The Kier molecular flexibility index (Phi) is 2.64. The van der Waals surface area contributed by atoms with Gasteiger partial charge in [0.1, 0.15) is 11.7 Å². The van der Waals surface area contributed by atoms with Crippen molar-refractivity contribution in [1.82, 2.24) is 0 Å². The van der Waals surface area contributed by atoms with Crippen molar-refractivity contribution in [2.75, 3.05) is 0 Å². The molecule has 4 heteroatoms. The average molecular weight is 262 g/mol. The van der Waals surface area contributed by atoms with E-state index in [1.165, 1.54) is 0 Å². The van der Waals surface area contributed by atoms with Gasteiger partial charge in [-0.25, -0.2) is 0 Å². The Bertz CT molecular complexity index is 792. The zero-order valence-electron chi connectivity index (χ0n) is 10.8. The van der Waals surface area contributed by atoms with Crippen LogP contribution in [0.15, 0.2) is 48.5 Å². The Hall–Kier alpha value is -2.88. The zero-order valence-corrected chi connectivity index (χ0v) is 10.8. The first-order valence-electron chi connectivity index (χ1n) is 6.21. The summed E-state index contributed by atoms with van der Waals surface area (Å²) in [4.78, 5) is 0. The Morgan fingerprint density at radius 2 is 1.00 bits per heavy atom. The molecule has 0 unspecified atom stereocenters. The molecule has 0 saturated carbocycles. The van der Waals surface area contributed by atoms with E-state index >= 15 is 0 Å². The largest absolute Gasteiger partial charge is 0.384 e. The van der Waals surface area contributed by atoms with Crippen molar-refractivity contribution in [1.29, 1.82) is 10.8 Å². The van der Waals surface area contributed by atoms with E-state index in [2.05, 4.69) is 0 Å². The molecule has 0 heterocycles. The number of nitrogen functional groups attached to an aromatic ring is 2. The van der Waals surface area contributed by atoms with Gasteiger partial charge < -0.3 is 11.5 Å². The lowest BCUT2D eigenvalue weighted by Crippen LogP contribution is -2.11. The summed E-state index contributed by atoms with van der Waals surface area (Å²) in [6.07, 6.45) is 0. The molecular weight excluding hydrogens is 248 g/mol. The maximum atomic E-state index is 7.55. The molecule has 20 heavy (non-hydrogen) atoms. The number of hydrogen-bond acceptors (Lipinski definition) is 2. The highest BCUT2D eigenvalue weighted by atomic mass is 14.7. The minimum absolute atomic E-state index is 0.0478. The van der Waals surface area contributed by atoms with Crippen LogP contribution in [0.5, 0.6) is 0 Å². The highest BCUT2D eigenvalue weighted by Crippen LogP contribution is 2.27. The highest BCUT2D eigenvalue weighted by Gasteiger charge is 2.05. The van der Waals surface area contributed by atoms with Crippen molar-refractivity contribution < 1.29 is 0 Å². The standard InChI is InChI=1S/C16H14N4/c17-15(18)11-5-3-9-1-2-10-4-6-12(16(19)20)8-14(10)13(9)7-11/h1-8H,(H3,17,18)(H3,19,20). The van der Waals surface area contributed by atoms with Crippen LogP contribution in [0.1, 0.15) is 11.1 Å². The van der Waals surface area contributed by atoms with Crippen molar-refractivity contribution in [2.24, 2.45) is 11.5 Å². The molecule has 0 amide bonds. The van der Waals surface area contributed by atoms with Crippen molar-refractivity contribution >= 4 is 33.2 Å². The van der Waals surface area contributed by atoms with Crippen molar-refractivity contribution in [3.05, 3.63) is 59.7 Å². The van der Waals surface area contributed by atoms with E-state index in [1.54, 1.807) is 0 Å². The van der Waals surface area contributed by atoms with Crippen LogP contribution in [0.2, 0.25) is 0 Å². The normalized spacial score (nSPS) is 10.8. The molecule has 98 valence electrons. The minimum Gasteiger partial charge on any atom is -0.384 e. The van der Waals surface area contributed by atoms with Crippen LogP contribution in [-0.4, -0.2) is 11.7 Å². The quantitative estimate of drug-likeness (QED) is 0.324. The summed E-state index contributed by atoms with van der Waals surface area (Å²) in [6, 6.07) is 15.5. The van der Waals surface area contributed by atoms with Gasteiger partial charge in [-0.3, -0.25) is 10.8 Å². The second-order valence-electron chi connectivity index (χ2n) is 4.76. The van der Waals surface area contributed by atoms with Crippen LogP contribution in [0, 0.1) is 10.8 Å². The van der Waals surface area contributed by atoms with E-state index in [-0.39, 0.29) is 11.7 Å². The maximum absolute atomic E-state index is 7.55. The van der Waals surface area contributed by atoms with Crippen LogP contribution < -0.4 is 11.5 Å². The molecule has 3 aromatic carbocycles. The Morgan fingerprint density at radius 1 is 0.650 bits per heavy atom. The summed E-state index contributed by atoms with van der Waals surface area (Å²) in [5.74, 6) is 0.0956. The maximum Gasteiger partial charge on any atom is 0.122 e. The predicted octanol–water partition coefficient (Wildman–Crippen LogP) is 2.56. The molecule has 0 aromatic heterocycles. The van der Waals surface area contributed by atoms with Crippen molar-refractivity contribution in [3.63, 3.8) is 0 Å². The first kappa shape index (κ1) is 12.2. The molecule has 0 aliphatic rings. The van der Waals surface area contributed by atoms with E-state index < -0.39 is 0 Å². The number of amidine groups is 2. The van der Waals surface area contributed by atoms with Crippen molar-refractivity contribution in [2.45, 2.75) is 0 Å². The lowest BCUT2D eigenvalue weighted by Gasteiger charge is -2.08. The smallest absolute Gasteiger partial charge is 0.122 e. The number of nitrogens with two attached hydrogens (primary N) is 2. The molecular formula is C16H14N4. The molecule has 6 N–H and O–H groups in total. The summed E-state index contributed by atoms with van der Waals surface area (Å²) >= 11 is 0. The molecule has 3 aromatic rings. The summed E-state index contributed by atoms with van der Waals surface area (Å²) in [7, 11) is 0. The first-order chi connectivity index (χ1) is 9.56. The third-order valence-electron chi connectivity index (χ3n) is 3.46. The molecule has 0 fully saturated rings. The third-order valence-corrected chi connectivity index (χ3v) is 3.46. The number of hydrogen-bond donors (Lipinski definition) is 4. The van der Waals surface area contributed by atoms with E-state index in [1.807, 2.05) is 48.5 Å². The Labute approximate surface area is 116 Å². The monoisotopic (exact) mass is 262 g/mol. The number of rotatable bonds is 2. The molecule has 4 nitrogen and oxygen atoms in total. The fourth-order valence-electron chi connectivity index (χ4n) is 2.38. The average Bonchev–Trinajstić information content (AvgIpc) is 2.45. The van der Waals surface area contributed by atoms with E-state index in [0.29, 0.717) is 11.1 Å². The zero-order chi connectivity index (χ0) is 14.3. The first-order valence-corrected chi connectivity index (χ1v) is 6.21. The molecule has 0 radical (unpaired) electrons. The molecule has 0 atom stereocenters. The van der Waals surface area contributed by atoms with Gasteiger partial charge in [0, 0.05) is 11.1 Å². The molecule has 0 aliphatic carbocycles. The Morgan fingerprint density at radius 3 is 1.35 bits per heavy atom. The molecule has 0 saturated heterocycles. The minimum atomic E-state index is 0.0478. The SMILES string of the molecule is N=C(N)c1ccc2ccc3ccc(C(=N)N)cc3c2c1. The molecule has 3 rings (SSSR count). The van der Waals surface area contributed by atoms with Gasteiger partial charge in [0.25, 0.3) is 0 Å². The fraction of sp³-hybridized carbons (Fsp3) is 0. The van der Waals surface area contributed by atoms with Gasteiger partial charge in [-0.1, -0.05) is 36.4 Å². The van der Waals surface area contributed by atoms with Crippen LogP contribution in [0.4, 0.5) is 0 Å². The van der Waals surface area contributed by atoms with Gasteiger partial charge in [-0.05, 0) is 33.7 Å². The van der Waals surface area contributed by atoms with Gasteiger partial charge in [0.15, 0.2) is 0 Å². The lowest BCUT2D eigenvalue weighted by molar-refractivity contribution is 1.43. The second kappa shape index (κ2) is 4.35. The predicted molar refractivity (Wildman–Crippen MR) is 83.5 cm³/mol. The topological polar surface area (TPSA) is 99.7 Å². The van der Waals surface area contributed by atoms with Gasteiger partial charge in [0.2, 0.25) is 0 Å². The Balaban J connectivity index is 2.41. The molecule has 0 aliphatic heterocycles. The summed E-state index contributed by atoms with van der Waals surface area (Å²) in [6.45, 7) is 0. The van der Waals surface area contributed by atoms with Gasteiger partial charge in [-0.15, -0.1) is 0 Å². The highest BCUT2D eigenvalue weighted by molar-refractivity contribution is 6.12. The van der Waals surface area contributed by atoms with Gasteiger partial charge in [0.05, 0.1) is 0 Å². The summed E-state index contributed by atoms with van der Waals surface area (Å²) < 4.78 is 0. The van der Waals surface area contributed by atoms with Crippen molar-refractivity contribution in [3.8, 4) is 0 Å². The van der Waals surface area contributed by atoms with Crippen LogP contribution in [0.25, 0.3) is 21.5 Å². The summed E-state index contributed by atoms with van der Waals surface area (Å²) in [5, 5.41) is 19.3. The lowest BCUT2D eigenvalue weighted by atomic mass is 9.98. The second-order valence-corrected chi connectivity index (χ2v) is 4.76. The van der Waals surface area contributed by atoms with Crippen LogP contribution in [0.3, 0.4) is 0 Å². The number of benzene rings is 3. The third kappa shape index (κ3) is 1.87. The number of fused-ring (bicyclic) bond motifs is 3. The van der Waals surface area contributed by atoms with Crippen LogP contribution >= 0.6 is 0 Å². The van der Waals surface area contributed by atoms with E-state index in [4.69, 9.17) is 22.3 Å². The molecule has 0 bridgehead atoms. The summed E-state index contributed by atoms with van der Waals surface area (Å²) in [5.41, 5.74) is 12.5. The fourth-order valence-corrected chi connectivity index (χ4v) is 2.38. The number of nitrogens with one attached hydrogen (secondary N) is 2. The van der Waals surface area contributed by atoms with Gasteiger partial charge >= 0.3 is 0 Å².